The van der Waals surface area contributed by atoms with Crippen LogP contribution in [0, 0.1) is 5.92 Å². The van der Waals surface area contributed by atoms with Gasteiger partial charge in [-0.1, -0.05) is 0 Å². The number of aromatic nitrogens is 1. The molecule has 0 spiro atoms. The van der Waals surface area contributed by atoms with Crippen LogP contribution in [0.25, 0.3) is 0 Å². The lowest BCUT2D eigenvalue weighted by Crippen LogP contribution is -2.41. The maximum atomic E-state index is 12.0. The first-order valence-corrected chi connectivity index (χ1v) is 10.2. The van der Waals surface area contributed by atoms with Crippen molar-refractivity contribution in [3.8, 4) is 0 Å². The zero-order chi connectivity index (χ0) is 19.9. The molecule has 0 aliphatic carbocycles. The number of ether oxygens (including phenoxy) is 2. The number of hydrogen-bond donors (Lipinski definition) is 3. The van der Waals surface area contributed by atoms with Gasteiger partial charge >= 0.3 is 0 Å². The molecule has 8 nitrogen and oxygen atoms in total. The van der Waals surface area contributed by atoms with Crippen molar-refractivity contribution < 1.29 is 14.3 Å². The van der Waals surface area contributed by atoms with Crippen LogP contribution >= 0.6 is 0 Å². The van der Waals surface area contributed by atoms with Crippen LogP contribution in [-0.2, 0) is 9.47 Å². The standard InChI is InChI=1S/C20H33N5O3/c1-2-22-20(24-9-4-12-28-16-17-6-13-27-14-7-17)25-11-10-23-19(26)18-5-3-8-21-15-18/h3,5,8,15,17H,2,4,6-7,9-14,16H2,1H3,(H,23,26)(H2,22,24,25). The van der Waals surface area contributed by atoms with Crippen molar-refractivity contribution >= 4 is 11.9 Å². The highest BCUT2D eigenvalue weighted by molar-refractivity contribution is 5.93. The highest BCUT2D eigenvalue weighted by Crippen LogP contribution is 2.14. The predicted octanol–water partition coefficient (Wildman–Crippen LogP) is 1.20. The first kappa shape index (κ1) is 22.1. The van der Waals surface area contributed by atoms with Crippen molar-refractivity contribution in [1.82, 2.24) is 20.9 Å². The largest absolute Gasteiger partial charge is 0.381 e. The number of carbonyl (C=O) groups is 1. The lowest BCUT2D eigenvalue weighted by molar-refractivity contribution is 0.0205. The molecule has 1 aliphatic heterocycles. The summed E-state index contributed by atoms with van der Waals surface area (Å²) < 4.78 is 11.1. The number of aliphatic imine (C=N–C) groups is 1. The van der Waals surface area contributed by atoms with E-state index in [-0.39, 0.29) is 5.91 Å². The maximum absolute atomic E-state index is 12.0. The van der Waals surface area contributed by atoms with Gasteiger partial charge in [-0.05, 0) is 44.2 Å². The number of hydrogen-bond acceptors (Lipinski definition) is 5. The Balaban J connectivity index is 1.56. The fraction of sp³-hybridized carbons (Fsp3) is 0.650. The van der Waals surface area contributed by atoms with Crippen LogP contribution in [-0.4, -0.2) is 69.5 Å². The molecule has 1 aliphatic rings. The van der Waals surface area contributed by atoms with E-state index in [1.165, 1.54) is 0 Å². The highest BCUT2D eigenvalue weighted by Gasteiger charge is 2.13. The first-order chi connectivity index (χ1) is 13.8. The highest BCUT2D eigenvalue weighted by atomic mass is 16.5. The molecule has 0 radical (unpaired) electrons. The molecule has 0 atom stereocenters. The Morgan fingerprint density at radius 2 is 2.11 bits per heavy atom. The van der Waals surface area contributed by atoms with Gasteiger partial charge in [0.05, 0.1) is 5.56 Å². The van der Waals surface area contributed by atoms with Crippen LogP contribution in [0.1, 0.15) is 36.5 Å². The molecule has 0 unspecified atom stereocenters. The summed E-state index contributed by atoms with van der Waals surface area (Å²) in [5.41, 5.74) is 0.559. The Kier molecular flexibility index (Phi) is 11.0. The molecule has 1 aromatic heterocycles. The minimum absolute atomic E-state index is 0.126. The second-order valence-corrected chi connectivity index (χ2v) is 6.67. The normalized spacial score (nSPS) is 15.2. The minimum atomic E-state index is -0.126. The summed E-state index contributed by atoms with van der Waals surface area (Å²) in [6, 6.07) is 3.49. The topological polar surface area (TPSA) is 96.9 Å². The summed E-state index contributed by atoms with van der Waals surface area (Å²) in [4.78, 5) is 20.4. The second kappa shape index (κ2) is 13.9. The number of nitrogens with one attached hydrogen (secondary N) is 3. The third kappa shape index (κ3) is 9.14. The van der Waals surface area contributed by atoms with Gasteiger partial charge in [0, 0.05) is 65.0 Å². The SMILES string of the molecule is CCNC(=NCCCOCC1CCOCC1)NCCNC(=O)c1cccnc1. The van der Waals surface area contributed by atoms with E-state index in [0.29, 0.717) is 31.1 Å². The van der Waals surface area contributed by atoms with Crippen LogP contribution in [0.3, 0.4) is 0 Å². The van der Waals surface area contributed by atoms with Gasteiger partial charge in [-0.25, -0.2) is 0 Å². The van der Waals surface area contributed by atoms with E-state index in [2.05, 4.69) is 25.9 Å². The van der Waals surface area contributed by atoms with Gasteiger partial charge in [0.1, 0.15) is 0 Å². The van der Waals surface area contributed by atoms with Gasteiger partial charge < -0.3 is 25.4 Å². The Hall–Kier alpha value is -2.19. The molecule has 3 N–H and O–H groups in total. The molecule has 0 bridgehead atoms. The van der Waals surface area contributed by atoms with Gasteiger partial charge in [-0.15, -0.1) is 0 Å². The number of amides is 1. The fourth-order valence-electron chi connectivity index (χ4n) is 2.82. The van der Waals surface area contributed by atoms with Crippen molar-refractivity contribution in [1.29, 1.82) is 0 Å². The smallest absolute Gasteiger partial charge is 0.252 e. The Labute approximate surface area is 167 Å². The molecular weight excluding hydrogens is 358 g/mol. The maximum Gasteiger partial charge on any atom is 0.252 e. The zero-order valence-electron chi connectivity index (χ0n) is 16.8. The monoisotopic (exact) mass is 391 g/mol. The van der Waals surface area contributed by atoms with Crippen molar-refractivity contribution in [2.45, 2.75) is 26.2 Å². The third-order valence-electron chi connectivity index (χ3n) is 4.38. The number of carbonyl (C=O) groups excluding carboxylic acids is 1. The van der Waals surface area contributed by atoms with Gasteiger partial charge in [0.15, 0.2) is 5.96 Å². The van der Waals surface area contributed by atoms with Crippen LogP contribution < -0.4 is 16.0 Å². The molecule has 2 heterocycles. The van der Waals surface area contributed by atoms with Crippen LogP contribution in [0.4, 0.5) is 0 Å². The Morgan fingerprint density at radius 3 is 2.86 bits per heavy atom. The summed E-state index contributed by atoms with van der Waals surface area (Å²) in [6.07, 6.45) is 6.29. The second-order valence-electron chi connectivity index (χ2n) is 6.67. The predicted molar refractivity (Wildman–Crippen MR) is 110 cm³/mol. The molecule has 1 saturated heterocycles. The average molecular weight is 392 g/mol. The van der Waals surface area contributed by atoms with E-state index in [1.807, 2.05) is 6.92 Å². The van der Waals surface area contributed by atoms with Gasteiger partial charge in [0.2, 0.25) is 0 Å². The molecule has 28 heavy (non-hydrogen) atoms. The fourth-order valence-corrected chi connectivity index (χ4v) is 2.82. The third-order valence-corrected chi connectivity index (χ3v) is 4.38. The summed E-state index contributed by atoms with van der Waals surface area (Å²) in [7, 11) is 0. The molecule has 0 saturated carbocycles. The molecule has 0 aromatic carbocycles. The lowest BCUT2D eigenvalue weighted by atomic mass is 10.0. The summed E-state index contributed by atoms with van der Waals surface area (Å²) >= 11 is 0. The first-order valence-electron chi connectivity index (χ1n) is 10.2. The molecular formula is C20H33N5O3. The average Bonchev–Trinajstić information content (AvgIpc) is 2.74. The van der Waals surface area contributed by atoms with E-state index < -0.39 is 0 Å². The molecule has 156 valence electrons. The van der Waals surface area contributed by atoms with Crippen molar-refractivity contribution in [2.24, 2.45) is 10.9 Å². The Bertz CT molecular complexity index is 576. The number of rotatable bonds is 11. The molecule has 1 fully saturated rings. The van der Waals surface area contributed by atoms with E-state index in [9.17, 15) is 4.79 Å². The van der Waals surface area contributed by atoms with Crippen LogP contribution in [0.15, 0.2) is 29.5 Å². The number of guanidine groups is 1. The van der Waals surface area contributed by atoms with Crippen molar-refractivity contribution in [3.05, 3.63) is 30.1 Å². The van der Waals surface area contributed by atoms with E-state index >= 15 is 0 Å². The van der Waals surface area contributed by atoms with E-state index in [0.717, 1.165) is 58.2 Å². The number of pyridine rings is 1. The van der Waals surface area contributed by atoms with Gasteiger partial charge in [-0.2, -0.15) is 0 Å². The van der Waals surface area contributed by atoms with Crippen molar-refractivity contribution in [3.63, 3.8) is 0 Å². The molecule has 8 heteroatoms. The van der Waals surface area contributed by atoms with Crippen LogP contribution in [0.5, 0.6) is 0 Å². The van der Waals surface area contributed by atoms with Crippen molar-refractivity contribution in [2.75, 3.05) is 52.6 Å². The van der Waals surface area contributed by atoms with Gasteiger partial charge in [-0.3, -0.25) is 14.8 Å². The summed E-state index contributed by atoms with van der Waals surface area (Å²) in [5, 5.41) is 9.29. The minimum Gasteiger partial charge on any atom is -0.381 e. The molecule has 2 rings (SSSR count). The van der Waals surface area contributed by atoms with E-state index in [4.69, 9.17) is 9.47 Å². The Morgan fingerprint density at radius 1 is 1.29 bits per heavy atom. The summed E-state index contributed by atoms with van der Waals surface area (Å²) in [5.74, 6) is 1.26. The lowest BCUT2D eigenvalue weighted by Gasteiger charge is -2.21. The quantitative estimate of drug-likeness (QED) is 0.298. The summed E-state index contributed by atoms with van der Waals surface area (Å²) in [6.45, 7) is 7.88. The van der Waals surface area contributed by atoms with E-state index in [1.54, 1.807) is 24.5 Å². The van der Waals surface area contributed by atoms with Gasteiger partial charge in [0.25, 0.3) is 5.91 Å². The zero-order valence-corrected chi connectivity index (χ0v) is 16.8. The van der Waals surface area contributed by atoms with Crippen LogP contribution in [0.2, 0.25) is 0 Å². The molecule has 1 amide bonds. The number of nitrogens with zero attached hydrogens (tertiary/aromatic N) is 2. The molecule has 1 aromatic rings.